The van der Waals surface area contributed by atoms with Crippen LogP contribution < -0.4 is 9.64 Å². The number of amides is 1. The molecule has 0 radical (unpaired) electrons. The van der Waals surface area contributed by atoms with Gasteiger partial charge in [0, 0.05) is 31.9 Å². The maximum atomic E-state index is 12.5. The normalized spacial score (nSPS) is 12.4. The monoisotopic (exact) mass is 692 g/mol. The summed E-state index contributed by atoms with van der Waals surface area (Å²) in [5.41, 5.74) is 3.25. The Morgan fingerprint density at radius 2 is 1.53 bits per heavy atom. The minimum atomic E-state index is 0. The molecule has 1 aliphatic heterocycles. The summed E-state index contributed by atoms with van der Waals surface area (Å²) < 4.78 is 5.99. The van der Waals surface area contributed by atoms with Gasteiger partial charge in [-0.1, -0.05) is 120 Å². The molecule has 4 nitrogen and oxygen atoms in total. The van der Waals surface area contributed by atoms with Crippen LogP contribution in [-0.2, 0) is 17.8 Å². The van der Waals surface area contributed by atoms with Crippen LogP contribution in [0.25, 0.3) is 0 Å². The molecule has 2 aromatic rings. The van der Waals surface area contributed by atoms with Gasteiger partial charge in [-0.2, -0.15) is 0 Å². The molecule has 0 N–H and O–H groups in total. The Balaban J connectivity index is 0.00000645. The van der Waals surface area contributed by atoms with E-state index in [2.05, 4.69) is 41.6 Å². The van der Waals surface area contributed by atoms with E-state index in [9.17, 15) is 4.79 Å². The van der Waals surface area contributed by atoms with Crippen LogP contribution in [0.15, 0.2) is 54.1 Å². The van der Waals surface area contributed by atoms with Gasteiger partial charge in [0.15, 0.2) is 0 Å². The number of hydrogen-bond acceptors (Lipinski definition) is 4. The van der Waals surface area contributed by atoms with Crippen molar-refractivity contribution in [1.82, 2.24) is 4.90 Å². The summed E-state index contributed by atoms with van der Waals surface area (Å²) in [6, 6.07) is 14.3. The highest BCUT2D eigenvalue weighted by atomic mass is 79.9. The predicted molar refractivity (Wildman–Crippen MR) is 193 cm³/mol. The quantitative estimate of drug-likeness (QED) is 0.115. The van der Waals surface area contributed by atoms with Crippen molar-refractivity contribution in [3.8, 4) is 5.75 Å². The predicted octanol–water partition coefficient (Wildman–Crippen LogP) is 11.4. The Kier molecular flexibility index (Phi) is 19.9. The van der Waals surface area contributed by atoms with Crippen LogP contribution in [0.5, 0.6) is 5.75 Å². The second kappa shape index (κ2) is 22.8. The number of benzene rings is 2. The Labute approximate surface area is 281 Å². The Morgan fingerprint density at radius 1 is 0.884 bits per heavy atom. The third kappa shape index (κ3) is 15.3. The molecule has 1 aliphatic rings. The van der Waals surface area contributed by atoms with E-state index in [0.717, 1.165) is 42.3 Å². The molecule has 240 valence electrons. The van der Waals surface area contributed by atoms with Crippen molar-refractivity contribution in [2.24, 2.45) is 0 Å². The van der Waals surface area contributed by atoms with Crippen LogP contribution in [0.1, 0.15) is 115 Å². The summed E-state index contributed by atoms with van der Waals surface area (Å²) >= 11 is 8.37. The van der Waals surface area contributed by atoms with Crippen LogP contribution >= 0.6 is 40.3 Å². The molecular formula is C36H54BrClN2O2S. The lowest BCUT2D eigenvalue weighted by atomic mass is 10.0. The lowest BCUT2D eigenvalue weighted by Crippen LogP contribution is -2.30. The van der Waals surface area contributed by atoms with Gasteiger partial charge in [0.2, 0.25) is 5.91 Å². The van der Waals surface area contributed by atoms with Crippen molar-refractivity contribution >= 4 is 51.9 Å². The lowest BCUT2D eigenvalue weighted by Gasteiger charge is -2.23. The largest absolute Gasteiger partial charge is 0.492 e. The average molecular weight is 694 g/mol. The first-order chi connectivity index (χ1) is 20.6. The van der Waals surface area contributed by atoms with Gasteiger partial charge in [0.05, 0.1) is 17.5 Å². The third-order valence-corrected chi connectivity index (χ3v) is 9.06. The Bertz CT molecular complexity index is 1080. The van der Waals surface area contributed by atoms with E-state index < -0.39 is 0 Å². The SMILES string of the molecule is Br.CCCCCCCCCCCCCCCCOc1ccc(CCN(C(C)=O)c2cccc(CN3C=CSC3)c2)cc1Cl. The maximum absolute atomic E-state index is 12.5. The van der Waals surface area contributed by atoms with E-state index in [4.69, 9.17) is 16.3 Å². The minimum Gasteiger partial charge on any atom is -0.492 e. The molecule has 1 heterocycles. The topological polar surface area (TPSA) is 32.8 Å². The van der Waals surface area contributed by atoms with Crippen LogP contribution in [-0.4, -0.2) is 29.8 Å². The number of ether oxygens (including phenoxy) is 1. The smallest absolute Gasteiger partial charge is 0.223 e. The Morgan fingerprint density at radius 3 is 2.12 bits per heavy atom. The molecule has 0 saturated heterocycles. The summed E-state index contributed by atoms with van der Waals surface area (Å²) in [5.74, 6) is 1.77. The summed E-state index contributed by atoms with van der Waals surface area (Å²) in [7, 11) is 0. The van der Waals surface area contributed by atoms with Crippen molar-refractivity contribution in [2.45, 2.75) is 117 Å². The summed E-state index contributed by atoms with van der Waals surface area (Å²) in [6.07, 6.45) is 21.8. The maximum Gasteiger partial charge on any atom is 0.223 e. The average Bonchev–Trinajstić information content (AvgIpc) is 3.49. The molecule has 0 bridgehead atoms. The van der Waals surface area contributed by atoms with Crippen molar-refractivity contribution in [1.29, 1.82) is 0 Å². The number of halogens is 2. The zero-order valence-electron chi connectivity index (χ0n) is 26.5. The molecule has 0 spiro atoms. The van der Waals surface area contributed by atoms with Crippen molar-refractivity contribution < 1.29 is 9.53 Å². The number of rotatable bonds is 22. The number of hydrogen-bond donors (Lipinski definition) is 0. The van der Waals surface area contributed by atoms with Gasteiger partial charge in [0.25, 0.3) is 0 Å². The Hall–Kier alpha value is -1.63. The van der Waals surface area contributed by atoms with E-state index in [1.54, 1.807) is 18.7 Å². The zero-order valence-corrected chi connectivity index (χ0v) is 29.8. The number of unbranched alkanes of at least 4 members (excludes halogenated alkanes) is 13. The molecule has 0 aromatic heterocycles. The molecule has 0 aliphatic carbocycles. The fraction of sp³-hybridized carbons (Fsp3) is 0.583. The van der Waals surface area contributed by atoms with Gasteiger partial charge in [-0.3, -0.25) is 4.79 Å². The van der Waals surface area contributed by atoms with Crippen molar-refractivity contribution in [3.63, 3.8) is 0 Å². The van der Waals surface area contributed by atoms with Crippen LogP contribution in [0, 0.1) is 0 Å². The molecule has 0 atom stereocenters. The highest BCUT2D eigenvalue weighted by Gasteiger charge is 2.14. The van der Waals surface area contributed by atoms with E-state index >= 15 is 0 Å². The molecular weight excluding hydrogens is 640 g/mol. The molecule has 0 unspecified atom stereocenters. The zero-order chi connectivity index (χ0) is 29.8. The number of thioether (sulfide) groups is 1. The number of carbonyl (C=O) groups is 1. The number of nitrogens with zero attached hydrogens (tertiary/aromatic N) is 2. The van der Waals surface area contributed by atoms with E-state index in [1.807, 2.05) is 29.2 Å². The number of anilines is 1. The molecule has 0 saturated carbocycles. The van der Waals surface area contributed by atoms with Gasteiger partial charge in [-0.05, 0) is 53.6 Å². The lowest BCUT2D eigenvalue weighted by molar-refractivity contribution is -0.116. The fourth-order valence-corrected chi connectivity index (χ4v) is 6.44. The summed E-state index contributed by atoms with van der Waals surface area (Å²) in [6.45, 7) is 6.07. The first kappa shape index (κ1) is 37.6. The highest BCUT2D eigenvalue weighted by molar-refractivity contribution is 8.93. The van der Waals surface area contributed by atoms with E-state index in [-0.39, 0.29) is 22.9 Å². The van der Waals surface area contributed by atoms with E-state index in [0.29, 0.717) is 18.2 Å². The van der Waals surface area contributed by atoms with Crippen LogP contribution in [0.3, 0.4) is 0 Å². The van der Waals surface area contributed by atoms with Gasteiger partial charge < -0.3 is 14.5 Å². The van der Waals surface area contributed by atoms with Gasteiger partial charge in [0.1, 0.15) is 5.75 Å². The highest BCUT2D eigenvalue weighted by Crippen LogP contribution is 2.27. The van der Waals surface area contributed by atoms with Crippen LogP contribution in [0.4, 0.5) is 5.69 Å². The van der Waals surface area contributed by atoms with Crippen molar-refractivity contribution in [2.75, 3.05) is 23.9 Å². The van der Waals surface area contributed by atoms with Crippen LogP contribution in [0.2, 0.25) is 5.02 Å². The molecule has 43 heavy (non-hydrogen) atoms. The van der Waals surface area contributed by atoms with E-state index in [1.165, 1.54) is 89.0 Å². The minimum absolute atomic E-state index is 0. The summed E-state index contributed by atoms with van der Waals surface area (Å²) in [4.78, 5) is 16.6. The first-order valence-electron chi connectivity index (χ1n) is 16.4. The molecule has 3 rings (SSSR count). The standard InChI is InChI=1S/C36H53ClN2O2S.BrH/c1-3-4-5-6-7-8-9-10-11-12-13-14-15-16-25-41-36-21-20-32(28-35(36)37)22-23-39(31(2)40)34-19-17-18-33(27-34)29-38-24-26-42-30-38;/h17-21,24,26-28H,3-16,22-23,25,29-30H2,1-2H3;1H. The molecule has 0 fully saturated rings. The number of carbonyl (C=O) groups excluding carboxylic acids is 1. The van der Waals surface area contributed by atoms with Gasteiger partial charge in [-0.15, -0.1) is 28.7 Å². The second-order valence-electron chi connectivity index (χ2n) is 11.6. The first-order valence-corrected chi connectivity index (χ1v) is 17.8. The third-order valence-electron chi connectivity index (χ3n) is 7.97. The second-order valence-corrected chi connectivity index (χ2v) is 12.9. The molecule has 2 aromatic carbocycles. The van der Waals surface area contributed by atoms with Gasteiger partial charge in [-0.25, -0.2) is 0 Å². The van der Waals surface area contributed by atoms with Crippen molar-refractivity contribution in [3.05, 3.63) is 70.2 Å². The summed E-state index contributed by atoms with van der Waals surface area (Å²) in [5, 5.41) is 2.76. The van der Waals surface area contributed by atoms with Gasteiger partial charge >= 0.3 is 0 Å². The molecule has 1 amide bonds. The fourth-order valence-electron chi connectivity index (χ4n) is 5.47. The molecule has 7 heteroatoms.